The Hall–Kier alpha value is -3.58. The van der Waals surface area contributed by atoms with Crippen molar-refractivity contribution in [3.8, 4) is 0 Å². The van der Waals surface area contributed by atoms with Crippen LogP contribution in [-0.2, 0) is 19.4 Å². The number of H-pyrrole nitrogens is 1. The lowest BCUT2D eigenvalue weighted by Gasteiger charge is -2.31. The van der Waals surface area contributed by atoms with Crippen LogP contribution in [0.15, 0.2) is 60.9 Å². The average Bonchev–Trinajstić information content (AvgIpc) is 3.26. The zero-order chi connectivity index (χ0) is 22.6. The number of aryl methyl sites for hydroxylation is 1. The van der Waals surface area contributed by atoms with Crippen molar-refractivity contribution >= 4 is 16.9 Å². The molecule has 0 saturated heterocycles. The van der Waals surface area contributed by atoms with Crippen molar-refractivity contribution < 1.29 is 4.79 Å². The minimum Gasteiger partial charge on any atom is -0.352 e. The number of amides is 1. The molecule has 0 fully saturated rings. The molecule has 33 heavy (non-hydrogen) atoms. The minimum atomic E-state index is -0.117. The number of para-hydroxylation sites is 1. The highest BCUT2D eigenvalue weighted by atomic mass is 16.1. The fourth-order valence-electron chi connectivity index (χ4n) is 4.65. The van der Waals surface area contributed by atoms with E-state index < -0.39 is 0 Å². The summed E-state index contributed by atoms with van der Waals surface area (Å²) in [4.78, 5) is 32.3. The van der Waals surface area contributed by atoms with Crippen molar-refractivity contribution in [2.24, 2.45) is 0 Å². The van der Waals surface area contributed by atoms with E-state index in [2.05, 4.69) is 38.3 Å². The lowest BCUT2D eigenvalue weighted by atomic mass is 9.91. The van der Waals surface area contributed by atoms with Gasteiger partial charge in [0.15, 0.2) is 0 Å². The molecule has 1 aromatic carbocycles. The summed E-state index contributed by atoms with van der Waals surface area (Å²) in [7, 11) is 2.12. The lowest BCUT2D eigenvalue weighted by Crippen LogP contribution is -2.28. The second kappa shape index (κ2) is 9.50. The number of hydrogen-bond donors (Lipinski definition) is 2. The van der Waals surface area contributed by atoms with E-state index in [1.165, 1.54) is 11.3 Å². The van der Waals surface area contributed by atoms with Crippen molar-refractivity contribution in [3.05, 3.63) is 89.3 Å². The van der Waals surface area contributed by atoms with Crippen LogP contribution in [0.4, 0.5) is 0 Å². The fraction of sp³-hybridized carbons (Fsp3) is 0.308. The van der Waals surface area contributed by atoms with Crippen LogP contribution >= 0.6 is 0 Å². The Bertz CT molecular complexity index is 1250. The van der Waals surface area contributed by atoms with Crippen LogP contribution in [0.1, 0.15) is 52.0 Å². The molecule has 0 spiro atoms. The average molecular weight is 441 g/mol. The molecule has 0 bridgehead atoms. The summed E-state index contributed by atoms with van der Waals surface area (Å²) in [5.74, 6) is 0.734. The number of benzene rings is 1. The van der Waals surface area contributed by atoms with Gasteiger partial charge in [0.05, 0.1) is 29.4 Å². The van der Waals surface area contributed by atoms with E-state index in [0.29, 0.717) is 30.6 Å². The van der Waals surface area contributed by atoms with Crippen LogP contribution in [0, 0.1) is 0 Å². The van der Waals surface area contributed by atoms with Crippen LogP contribution in [0.5, 0.6) is 0 Å². The molecule has 1 aliphatic rings. The molecule has 7 heteroatoms. The summed E-state index contributed by atoms with van der Waals surface area (Å²) in [5, 5.41) is 3.00. The normalized spacial score (nSPS) is 15.5. The lowest BCUT2D eigenvalue weighted by molar-refractivity contribution is 0.0955. The third kappa shape index (κ3) is 4.64. The van der Waals surface area contributed by atoms with E-state index in [0.717, 1.165) is 36.3 Å². The summed E-state index contributed by atoms with van der Waals surface area (Å²) in [6.07, 6.45) is 7.68. The maximum atomic E-state index is 12.9. The number of nitrogens with zero attached hydrogens (tertiary/aromatic N) is 4. The number of nitrogens with one attached hydrogen (secondary N) is 2. The summed E-state index contributed by atoms with van der Waals surface area (Å²) in [6.45, 7) is 1.19. The number of hydrogen-bond acceptors (Lipinski definition) is 5. The number of fused-ring (bicyclic) bond motifs is 2. The molecule has 1 unspecified atom stereocenters. The maximum Gasteiger partial charge on any atom is 0.253 e. The molecule has 1 amide bonds. The summed E-state index contributed by atoms with van der Waals surface area (Å²) in [5.41, 5.74) is 5.64. The quantitative estimate of drug-likeness (QED) is 0.456. The first-order chi connectivity index (χ1) is 16.2. The Morgan fingerprint density at radius 3 is 2.91 bits per heavy atom. The molecule has 3 heterocycles. The van der Waals surface area contributed by atoms with E-state index >= 15 is 0 Å². The third-order valence-corrected chi connectivity index (χ3v) is 6.30. The topological polar surface area (TPSA) is 86.8 Å². The number of carbonyl (C=O) groups is 1. The standard InChI is InChI=1S/C26H28N6O/c1-32(22-12-4-7-18-8-6-15-28-24(18)22)17-23-30-21-11-5-10-20(25(21)31-23)26(33)29-16-13-19-9-2-3-14-27-19/h2-3,5-6,8-11,14-15,22H,4,7,12-13,16-17H2,1H3,(H,29,33)(H,30,31). The van der Waals surface area contributed by atoms with Crippen LogP contribution in [0.3, 0.4) is 0 Å². The Balaban J connectivity index is 1.29. The number of imidazole rings is 1. The highest BCUT2D eigenvalue weighted by molar-refractivity contribution is 6.04. The molecular weight excluding hydrogens is 412 g/mol. The molecule has 0 saturated carbocycles. The van der Waals surface area contributed by atoms with Gasteiger partial charge in [-0.3, -0.25) is 19.7 Å². The van der Waals surface area contributed by atoms with Crippen molar-refractivity contribution in [2.45, 2.75) is 38.3 Å². The Labute approximate surface area is 193 Å². The molecule has 4 aromatic rings. The van der Waals surface area contributed by atoms with Crippen molar-refractivity contribution in [1.29, 1.82) is 0 Å². The molecule has 0 aliphatic heterocycles. The van der Waals surface area contributed by atoms with E-state index in [1.54, 1.807) is 6.20 Å². The van der Waals surface area contributed by atoms with Crippen molar-refractivity contribution in [2.75, 3.05) is 13.6 Å². The van der Waals surface area contributed by atoms with Gasteiger partial charge in [0.1, 0.15) is 11.3 Å². The van der Waals surface area contributed by atoms with Gasteiger partial charge in [-0.15, -0.1) is 0 Å². The maximum absolute atomic E-state index is 12.9. The molecule has 5 rings (SSSR count). The predicted molar refractivity (Wildman–Crippen MR) is 128 cm³/mol. The molecular formula is C26H28N6O. The second-order valence-electron chi connectivity index (χ2n) is 8.58. The van der Waals surface area contributed by atoms with Gasteiger partial charge in [0.2, 0.25) is 0 Å². The molecule has 168 valence electrons. The van der Waals surface area contributed by atoms with E-state index in [1.807, 2.05) is 48.7 Å². The zero-order valence-electron chi connectivity index (χ0n) is 18.8. The third-order valence-electron chi connectivity index (χ3n) is 6.30. The SMILES string of the molecule is CN(Cc1nc2c(C(=O)NCCc3ccccn3)cccc2[nH]1)C1CCCc2cccnc21. The highest BCUT2D eigenvalue weighted by Gasteiger charge is 2.25. The van der Waals surface area contributed by atoms with Crippen LogP contribution < -0.4 is 5.32 Å². The van der Waals surface area contributed by atoms with Gasteiger partial charge in [0, 0.05) is 31.1 Å². The molecule has 3 aromatic heterocycles. The Morgan fingerprint density at radius 2 is 2.03 bits per heavy atom. The van der Waals surface area contributed by atoms with E-state index in [4.69, 9.17) is 4.98 Å². The van der Waals surface area contributed by atoms with Gasteiger partial charge in [-0.1, -0.05) is 18.2 Å². The summed E-state index contributed by atoms with van der Waals surface area (Å²) >= 11 is 0. The number of aromatic amines is 1. The minimum absolute atomic E-state index is 0.117. The molecule has 7 nitrogen and oxygen atoms in total. The summed E-state index contributed by atoms with van der Waals surface area (Å²) < 4.78 is 0. The van der Waals surface area contributed by atoms with E-state index in [-0.39, 0.29) is 11.9 Å². The van der Waals surface area contributed by atoms with Gasteiger partial charge in [-0.25, -0.2) is 4.98 Å². The predicted octanol–water partition coefficient (Wildman–Crippen LogP) is 3.83. The second-order valence-corrected chi connectivity index (χ2v) is 8.58. The van der Waals surface area contributed by atoms with Gasteiger partial charge in [-0.2, -0.15) is 0 Å². The smallest absolute Gasteiger partial charge is 0.253 e. The monoisotopic (exact) mass is 440 g/mol. The Morgan fingerprint density at radius 1 is 1.12 bits per heavy atom. The van der Waals surface area contributed by atoms with Gasteiger partial charge >= 0.3 is 0 Å². The molecule has 0 radical (unpaired) electrons. The van der Waals surface area contributed by atoms with Crippen molar-refractivity contribution in [3.63, 3.8) is 0 Å². The Kier molecular flexibility index (Phi) is 6.13. The zero-order valence-corrected chi connectivity index (χ0v) is 18.8. The summed E-state index contributed by atoms with van der Waals surface area (Å²) in [6, 6.07) is 16.0. The molecule has 1 atom stereocenters. The fourth-order valence-corrected chi connectivity index (χ4v) is 4.65. The molecule has 2 N–H and O–H groups in total. The van der Waals surface area contributed by atoms with Crippen LogP contribution in [-0.4, -0.2) is 44.3 Å². The number of aromatic nitrogens is 4. The van der Waals surface area contributed by atoms with Gasteiger partial charge < -0.3 is 10.3 Å². The van der Waals surface area contributed by atoms with Gasteiger partial charge in [0.25, 0.3) is 5.91 Å². The number of carbonyl (C=O) groups excluding carboxylic acids is 1. The van der Waals surface area contributed by atoms with E-state index in [9.17, 15) is 4.79 Å². The van der Waals surface area contributed by atoms with Gasteiger partial charge in [-0.05, 0) is 62.2 Å². The number of pyridine rings is 2. The first-order valence-corrected chi connectivity index (χ1v) is 11.5. The highest BCUT2D eigenvalue weighted by Crippen LogP contribution is 2.32. The largest absolute Gasteiger partial charge is 0.352 e. The first kappa shape index (κ1) is 21.3. The first-order valence-electron chi connectivity index (χ1n) is 11.5. The molecule has 1 aliphatic carbocycles. The van der Waals surface area contributed by atoms with Crippen molar-refractivity contribution in [1.82, 2.24) is 30.2 Å². The van der Waals surface area contributed by atoms with Crippen LogP contribution in [0.2, 0.25) is 0 Å². The number of rotatable bonds is 7. The van der Waals surface area contributed by atoms with Crippen LogP contribution in [0.25, 0.3) is 11.0 Å².